The number of hydrogen-bond donors (Lipinski definition) is 2. The molecule has 2 aliphatic rings. The Morgan fingerprint density at radius 1 is 1.17 bits per heavy atom. The van der Waals surface area contributed by atoms with Gasteiger partial charge >= 0.3 is 5.97 Å². The molecule has 8 heteroatoms. The van der Waals surface area contributed by atoms with Gasteiger partial charge in [0.15, 0.2) is 0 Å². The highest BCUT2D eigenvalue weighted by Gasteiger charge is 2.36. The van der Waals surface area contributed by atoms with Gasteiger partial charge in [0, 0.05) is 24.7 Å². The Labute approximate surface area is 168 Å². The maximum absolute atomic E-state index is 12.8. The first-order chi connectivity index (χ1) is 13.9. The molecule has 4 rings (SSSR count). The summed E-state index contributed by atoms with van der Waals surface area (Å²) < 4.78 is 1.54. The summed E-state index contributed by atoms with van der Waals surface area (Å²) in [4.78, 5) is 38.2. The molecule has 29 heavy (non-hydrogen) atoms. The Balaban J connectivity index is 1.45. The molecule has 2 aromatic rings. The zero-order valence-electron chi connectivity index (χ0n) is 16.3. The number of amides is 2. The molecule has 2 fully saturated rings. The first-order valence-electron chi connectivity index (χ1n) is 9.92. The van der Waals surface area contributed by atoms with E-state index in [1.807, 2.05) is 4.90 Å². The Hall–Kier alpha value is -3.16. The quantitative estimate of drug-likeness (QED) is 0.808. The van der Waals surface area contributed by atoms with E-state index in [2.05, 4.69) is 10.4 Å². The van der Waals surface area contributed by atoms with Crippen LogP contribution in [-0.4, -0.2) is 50.7 Å². The number of piperidine rings is 1. The van der Waals surface area contributed by atoms with Crippen molar-refractivity contribution < 1.29 is 19.5 Å². The molecule has 1 aliphatic heterocycles. The van der Waals surface area contributed by atoms with Gasteiger partial charge in [0.2, 0.25) is 11.8 Å². The van der Waals surface area contributed by atoms with Gasteiger partial charge in [0.05, 0.1) is 23.5 Å². The van der Waals surface area contributed by atoms with Crippen LogP contribution in [0.4, 0.5) is 5.69 Å². The molecule has 8 nitrogen and oxygen atoms in total. The molecule has 0 bridgehead atoms. The van der Waals surface area contributed by atoms with E-state index in [1.54, 1.807) is 31.2 Å². The van der Waals surface area contributed by atoms with Crippen LogP contribution in [0.15, 0.2) is 30.5 Å². The van der Waals surface area contributed by atoms with Crippen LogP contribution in [0.2, 0.25) is 0 Å². The fourth-order valence-corrected chi connectivity index (χ4v) is 3.82. The topological polar surface area (TPSA) is 105 Å². The Kier molecular flexibility index (Phi) is 5.08. The molecular weight excluding hydrogens is 372 g/mol. The van der Waals surface area contributed by atoms with Gasteiger partial charge in [-0.2, -0.15) is 5.10 Å². The minimum absolute atomic E-state index is 0.0983. The monoisotopic (exact) mass is 396 g/mol. The number of carbonyl (C=O) groups excluding carboxylic acids is 2. The molecular formula is C21H24N4O4. The van der Waals surface area contributed by atoms with Crippen LogP contribution >= 0.6 is 0 Å². The first-order valence-corrected chi connectivity index (χ1v) is 9.92. The van der Waals surface area contributed by atoms with E-state index in [-0.39, 0.29) is 29.2 Å². The van der Waals surface area contributed by atoms with Gasteiger partial charge in [0.25, 0.3) is 0 Å². The number of rotatable bonds is 5. The molecule has 2 heterocycles. The number of anilines is 1. The number of carboxylic acid groups (broad SMARTS) is 1. The average molecular weight is 396 g/mol. The summed E-state index contributed by atoms with van der Waals surface area (Å²) in [5, 5.41) is 16.3. The summed E-state index contributed by atoms with van der Waals surface area (Å²) in [6.45, 7) is 2.90. The number of likely N-dealkylation sites (tertiary alicyclic amines) is 1. The number of nitrogens with zero attached hydrogens (tertiary/aromatic N) is 3. The maximum atomic E-state index is 12.8. The van der Waals surface area contributed by atoms with Gasteiger partial charge in [-0.1, -0.05) is 6.07 Å². The second kappa shape index (κ2) is 7.69. The number of benzene rings is 1. The standard InChI is InChI=1S/C21H24N4O4/c1-13-18(21(28)29)11-22-25(13)17-6-2-5-16(10-17)23-19(26)15-4-3-9-24(12-15)20(27)14-7-8-14/h2,5-6,10-11,14-15H,3-4,7-9,12H2,1H3,(H,23,26)(H,28,29). The highest BCUT2D eigenvalue weighted by Crippen LogP contribution is 2.32. The van der Waals surface area contributed by atoms with Crippen molar-refractivity contribution in [3.05, 3.63) is 41.7 Å². The van der Waals surface area contributed by atoms with Crippen LogP contribution in [0, 0.1) is 18.8 Å². The van der Waals surface area contributed by atoms with Crippen molar-refractivity contribution in [2.24, 2.45) is 11.8 Å². The van der Waals surface area contributed by atoms with E-state index in [0.717, 1.165) is 32.2 Å². The number of aromatic nitrogens is 2. The molecule has 2 amide bonds. The third kappa shape index (κ3) is 4.01. The maximum Gasteiger partial charge on any atom is 0.339 e. The predicted octanol–water partition coefficient (Wildman–Crippen LogP) is 2.47. The zero-order valence-corrected chi connectivity index (χ0v) is 16.3. The fourth-order valence-electron chi connectivity index (χ4n) is 3.82. The van der Waals surface area contributed by atoms with Gasteiger partial charge in [0.1, 0.15) is 5.56 Å². The van der Waals surface area contributed by atoms with Gasteiger partial charge in [-0.15, -0.1) is 0 Å². The van der Waals surface area contributed by atoms with Crippen molar-refractivity contribution in [1.29, 1.82) is 0 Å². The van der Waals surface area contributed by atoms with E-state index >= 15 is 0 Å². The Morgan fingerprint density at radius 2 is 1.97 bits per heavy atom. The molecule has 1 unspecified atom stereocenters. The zero-order chi connectivity index (χ0) is 20.5. The molecule has 2 N–H and O–H groups in total. The van der Waals surface area contributed by atoms with Crippen LogP contribution < -0.4 is 5.32 Å². The smallest absolute Gasteiger partial charge is 0.339 e. The van der Waals surface area contributed by atoms with Crippen LogP contribution in [0.1, 0.15) is 41.7 Å². The molecule has 0 spiro atoms. The second-order valence-corrected chi connectivity index (χ2v) is 7.80. The number of carboxylic acids is 1. The second-order valence-electron chi connectivity index (χ2n) is 7.80. The van der Waals surface area contributed by atoms with Crippen molar-refractivity contribution >= 4 is 23.5 Å². The van der Waals surface area contributed by atoms with Crippen LogP contribution in [0.25, 0.3) is 5.69 Å². The van der Waals surface area contributed by atoms with Crippen molar-refractivity contribution in [1.82, 2.24) is 14.7 Å². The summed E-state index contributed by atoms with van der Waals surface area (Å²) in [6, 6.07) is 7.14. The van der Waals surface area contributed by atoms with Crippen LogP contribution in [0.3, 0.4) is 0 Å². The minimum Gasteiger partial charge on any atom is -0.478 e. The van der Waals surface area contributed by atoms with Gasteiger partial charge in [-0.05, 0) is 50.8 Å². The molecule has 1 saturated heterocycles. The lowest BCUT2D eigenvalue weighted by atomic mass is 9.96. The van der Waals surface area contributed by atoms with E-state index in [4.69, 9.17) is 0 Å². The average Bonchev–Trinajstić information content (AvgIpc) is 3.49. The molecule has 1 aromatic heterocycles. The number of hydrogen-bond acceptors (Lipinski definition) is 4. The highest BCUT2D eigenvalue weighted by molar-refractivity contribution is 5.93. The number of nitrogens with one attached hydrogen (secondary N) is 1. The van der Waals surface area contributed by atoms with Crippen LogP contribution in [0.5, 0.6) is 0 Å². The van der Waals surface area contributed by atoms with Crippen molar-refractivity contribution in [3.63, 3.8) is 0 Å². The van der Waals surface area contributed by atoms with E-state index in [1.165, 1.54) is 10.9 Å². The van der Waals surface area contributed by atoms with Crippen molar-refractivity contribution in [3.8, 4) is 5.69 Å². The SMILES string of the molecule is Cc1c(C(=O)O)cnn1-c1cccc(NC(=O)C2CCCN(C(=O)C3CC3)C2)c1. The third-order valence-electron chi connectivity index (χ3n) is 5.63. The molecule has 1 saturated carbocycles. The summed E-state index contributed by atoms with van der Waals surface area (Å²) in [6.07, 6.45) is 4.85. The van der Waals surface area contributed by atoms with E-state index in [9.17, 15) is 19.5 Å². The van der Waals surface area contributed by atoms with Crippen molar-refractivity contribution in [2.45, 2.75) is 32.6 Å². The molecule has 152 valence electrons. The molecule has 1 atom stereocenters. The summed E-state index contributed by atoms with van der Waals surface area (Å²) >= 11 is 0. The van der Waals surface area contributed by atoms with Crippen molar-refractivity contribution in [2.75, 3.05) is 18.4 Å². The summed E-state index contributed by atoms with van der Waals surface area (Å²) in [7, 11) is 0. The number of aromatic carboxylic acids is 1. The van der Waals surface area contributed by atoms with E-state index in [0.29, 0.717) is 23.6 Å². The normalized spacial score (nSPS) is 19.1. The first kappa shape index (κ1) is 19.2. The van der Waals surface area contributed by atoms with Gasteiger partial charge in [-0.3, -0.25) is 9.59 Å². The summed E-state index contributed by atoms with van der Waals surface area (Å²) in [5.74, 6) is -0.991. The lowest BCUT2D eigenvalue weighted by Crippen LogP contribution is -2.44. The Bertz CT molecular complexity index is 963. The molecule has 0 radical (unpaired) electrons. The fraction of sp³-hybridized carbons (Fsp3) is 0.429. The lowest BCUT2D eigenvalue weighted by Gasteiger charge is -2.32. The number of carbonyl (C=O) groups is 3. The highest BCUT2D eigenvalue weighted by atomic mass is 16.4. The lowest BCUT2D eigenvalue weighted by molar-refractivity contribution is -0.135. The van der Waals surface area contributed by atoms with E-state index < -0.39 is 5.97 Å². The largest absolute Gasteiger partial charge is 0.478 e. The van der Waals surface area contributed by atoms with Crippen LogP contribution in [-0.2, 0) is 9.59 Å². The van der Waals surface area contributed by atoms with Gasteiger partial charge in [-0.25, -0.2) is 9.48 Å². The summed E-state index contributed by atoms with van der Waals surface area (Å²) in [5.41, 5.74) is 1.94. The Morgan fingerprint density at radius 3 is 2.66 bits per heavy atom. The van der Waals surface area contributed by atoms with Gasteiger partial charge < -0.3 is 15.3 Å². The molecule has 1 aromatic carbocycles. The predicted molar refractivity (Wildman–Crippen MR) is 106 cm³/mol. The minimum atomic E-state index is -1.03. The third-order valence-corrected chi connectivity index (χ3v) is 5.63. The molecule has 1 aliphatic carbocycles.